The second-order valence-electron chi connectivity index (χ2n) is 4.50. The lowest BCUT2D eigenvalue weighted by atomic mass is 10.5. The van der Waals surface area contributed by atoms with Crippen LogP contribution >= 0.6 is 0 Å². The molecular formula is C13H20N6O2. The van der Waals surface area contributed by atoms with Gasteiger partial charge in [-0.05, 0) is 6.42 Å². The SMILES string of the molecule is CCCn1nccc1NC(=O)Nc1cnn(CCOC)c1. The summed E-state index contributed by atoms with van der Waals surface area (Å²) >= 11 is 0. The Labute approximate surface area is 123 Å². The molecule has 2 aromatic rings. The molecule has 0 spiro atoms. The van der Waals surface area contributed by atoms with E-state index in [-0.39, 0.29) is 6.03 Å². The summed E-state index contributed by atoms with van der Waals surface area (Å²) in [6, 6.07) is 1.44. The van der Waals surface area contributed by atoms with Gasteiger partial charge in [0.1, 0.15) is 5.82 Å². The number of rotatable bonds is 7. The smallest absolute Gasteiger partial charge is 0.324 e. The summed E-state index contributed by atoms with van der Waals surface area (Å²) in [7, 11) is 1.63. The fourth-order valence-corrected chi connectivity index (χ4v) is 1.84. The van der Waals surface area contributed by atoms with Gasteiger partial charge < -0.3 is 10.1 Å². The van der Waals surface area contributed by atoms with Crippen LogP contribution in [0.1, 0.15) is 13.3 Å². The van der Waals surface area contributed by atoms with Crippen molar-refractivity contribution >= 4 is 17.5 Å². The summed E-state index contributed by atoms with van der Waals surface area (Å²) < 4.78 is 8.43. The number of aromatic nitrogens is 4. The normalized spacial score (nSPS) is 10.6. The van der Waals surface area contributed by atoms with Gasteiger partial charge in [-0.3, -0.25) is 10.00 Å². The Kier molecular flexibility index (Phi) is 5.33. The molecular weight excluding hydrogens is 272 g/mol. The van der Waals surface area contributed by atoms with Crippen molar-refractivity contribution in [2.45, 2.75) is 26.4 Å². The Hall–Kier alpha value is -2.35. The minimum absolute atomic E-state index is 0.320. The minimum Gasteiger partial charge on any atom is -0.383 e. The number of aryl methyl sites for hydroxylation is 1. The van der Waals surface area contributed by atoms with Gasteiger partial charge in [0.05, 0.1) is 31.2 Å². The second-order valence-corrected chi connectivity index (χ2v) is 4.50. The lowest BCUT2D eigenvalue weighted by Crippen LogP contribution is -2.21. The van der Waals surface area contributed by atoms with Crippen LogP contribution in [0.5, 0.6) is 0 Å². The van der Waals surface area contributed by atoms with Gasteiger partial charge in [0.2, 0.25) is 0 Å². The van der Waals surface area contributed by atoms with Gasteiger partial charge in [0.15, 0.2) is 0 Å². The van der Waals surface area contributed by atoms with Gasteiger partial charge in [-0.1, -0.05) is 6.92 Å². The number of ether oxygens (including phenoxy) is 1. The van der Waals surface area contributed by atoms with Crippen molar-refractivity contribution in [3.05, 3.63) is 24.7 Å². The van der Waals surface area contributed by atoms with Crippen LogP contribution in [0.4, 0.5) is 16.3 Å². The van der Waals surface area contributed by atoms with E-state index in [1.807, 2.05) is 0 Å². The third kappa shape index (κ3) is 4.32. The van der Waals surface area contributed by atoms with Crippen molar-refractivity contribution in [3.63, 3.8) is 0 Å². The summed E-state index contributed by atoms with van der Waals surface area (Å²) in [4.78, 5) is 11.9. The highest BCUT2D eigenvalue weighted by Crippen LogP contribution is 2.09. The van der Waals surface area contributed by atoms with Crippen LogP contribution in [0, 0.1) is 0 Å². The molecule has 0 radical (unpaired) electrons. The van der Waals surface area contributed by atoms with Gasteiger partial charge in [0.25, 0.3) is 0 Å². The number of methoxy groups -OCH3 is 1. The van der Waals surface area contributed by atoms with E-state index >= 15 is 0 Å². The number of hydrogen-bond donors (Lipinski definition) is 2. The molecule has 2 N–H and O–H groups in total. The topological polar surface area (TPSA) is 86.0 Å². The number of amides is 2. The molecule has 0 fully saturated rings. The number of urea groups is 1. The summed E-state index contributed by atoms with van der Waals surface area (Å²) in [6.45, 7) is 4.03. The molecule has 2 heterocycles. The quantitative estimate of drug-likeness (QED) is 0.814. The molecule has 21 heavy (non-hydrogen) atoms. The fraction of sp³-hybridized carbons (Fsp3) is 0.462. The van der Waals surface area contributed by atoms with Crippen LogP contribution in [0.25, 0.3) is 0 Å². The third-order valence-electron chi connectivity index (χ3n) is 2.81. The van der Waals surface area contributed by atoms with E-state index in [0.717, 1.165) is 13.0 Å². The Balaban J connectivity index is 1.89. The average molecular weight is 292 g/mol. The Morgan fingerprint density at radius 2 is 2.19 bits per heavy atom. The zero-order chi connectivity index (χ0) is 15.1. The lowest BCUT2D eigenvalue weighted by molar-refractivity contribution is 0.183. The number of carbonyl (C=O) groups excluding carboxylic acids is 1. The molecule has 114 valence electrons. The molecule has 0 aliphatic rings. The zero-order valence-electron chi connectivity index (χ0n) is 12.2. The first-order valence-corrected chi connectivity index (χ1v) is 6.84. The van der Waals surface area contributed by atoms with E-state index in [2.05, 4.69) is 27.8 Å². The molecule has 8 nitrogen and oxygen atoms in total. The molecule has 0 atom stereocenters. The summed E-state index contributed by atoms with van der Waals surface area (Å²) in [5.74, 6) is 0.668. The monoisotopic (exact) mass is 292 g/mol. The predicted octanol–water partition coefficient (Wildman–Crippen LogP) is 1.78. The van der Waals surface area contributed by atoms with E-state index < -0.39 is 0 Å². The highest BCUT2D eigenvalue weighted by molar-refractivity contribution is 5.98. The maximum absolute atomic E-state index is 11.9. The van der Waals surface area contributed by atoms with Crippen LogP contribution in [0.15, 0.2) is 24.7 Å². The van der Waals surface area contributed by atoms with Crippen molar-refractivity contribution < 1.29 is 9.53 Å². The number of carbonyl (C=O) groups is 1. The van der Waals surface area contributed by atoms with E-state index in [1.54, 1.807) is 41.1 Å². The van der Waals surface area contributed by atoms with E-state index in [0.29, 0.717) is 24.7 Å². The molecule has 0 aliphatic carbocycles. The lowest BCUT2D eigenvalue weighted by Gasteiger charge is -2.08. The average Bonchev–Trinajstić information content (AvgIpc) is 3.07. The van der Waals surface area contributed by atoms with E-state index in [9.17, 15) is 4.79 Å². The Bertz CT molecular complexity index is 577. The Morgan fingerprint density at radius 3 is 2.95 bits per heavy atom. The molecule has 0 bridgehead atoms. The maximum Gasteiger partial charge on any atom is 0.324 e. The van der Waals surface area contributed by atoms with Crippen molar-refractivity contribution in [2.24, 2.45) is 0 Å². The molecule has 2 rings (SSSR count). The molecule has 0 aromatic carbocycles. The first-order valence-electron chi connectivity index (χ1n) is 6.84. The van der Waals surface area contributed by atoms with Crippen molar-refractivity contribution in [1.29, 1.82) is 0 Å². The van der Waals surface area contributed by atoms with Crippen LogP contribution < -0.4 is 10.6 Å². The summed E-state index contributed by atoms with van der Waals surface area (Å²) in [6.07, 6.45) is 5.96. The fourth-order valence-electron chi connectivity index (χ4n) is 1.84. The molecule has 2 aromatic heterocycles. The number of nitrogens with zero attached hydrogens (tertiary/aromatic N) is 4. The maximum atomic E-state index is 11.9. The molecule has 0 saturated carbocycles. The van der Waals surface area contributed by atoms with Crippen molar-refractivity contribution in [3.8, 4) is 0 Å². The van der Waals surface area contributed by atoms with Gasteiger partial charge in [-0.15, -0.1) is 0 Å². The van der Waals surface area contributed by atoms with Crippen LogP contribution in [0.2, 0.25) is 0 Å². The van der Waals surface area contributed by atoms with Crippen LogP contribution in [-0.4, -0.2) is 39.3 Å². The zero-order valence-corrected chi connectivity index (χ0v) is 12.2. The molecule has 0 aliphatic heterocycles. The predicted molar refractivity (Wildman–Crippen MR) is 79.3 cm³/mol. The highest BCUT2D eigenvalue weighted by atomic mass is 16.5. The van der Waals surface area contributed by atoms with Crippen LogP contribution in [0.3, 0.4) is 0 Å². The van der Waals surface area contributed by atoms with Gasteiger partial charge in [-0.25, -0.2) is 9.48 Å². The van der Waals surface area contributed by atoms with Gasteiger partial charge in [0, 0.05) is 25.9 Å². The van der Waals surface area contributed by atoms with Crippen LogP contribution in [-0.2, 0) is 17.8 Å². The van der Waals surface area contributed by atoms with E-state index in [4.69, 9.17) is 4.74 Å². The molecule has 8 heteroatoms. The largest absolute Gasteiger partial charge is 0.383 e. The van der Waals surface area contributed by atoms with Crippen molar-refractivity contribution in [1.82, 2.24) is 19.6 Å². The standard InChI is InChI=1S/C13H20N6O2/c1-3-6-19-12(4-5-14-19)17-13(20)16-11-9-15-18(10-11)7-8-21-2/h4-5,9-10H,3,6-8H2,1-2H3,(H2,16,17,20). The first kappa shape index (κ1) is 15.0. The number of nitrogens with one attached hydrogen (secondary N) is 2. The molecule has 0 saturated heterocycles. The number of hydrogen-bond acceptors (Lipinski definition) is 4. The molecule has 2 amide bonds. The van der Waals surface area contributed by atoms with E-state index in [1.165, 1.54) is 0 Å². The summed E-state index contributed by atoms with van der Waals surface area (Å²) in [5, 5.41) is 13.8. The third-order valence-corrected chi connectivity index (χ3v) is 2.81. The molecule has 0 unspecified atom stereocenters. The second kappa shape index (κ2) is 7.44. The number of anilines is 2. The Morgan fingerprint density at radius 1 is 1.33 bits per heavy atom. The summed E-state index contributed by atoms with van der Waals surface area (Å²) in [5.41, 5.74) is 0.630. The van der Waals surface area contributed by atoms with Crippen molar-refractivity contribution in [2.75, 3.05) is 24.4 Å². The first-order chi connectivity index (χ1) is 10.2. The van der Waals surface area contributed by atoms with Gasteiger partial charge in [-0.2, -0.15) is 10.2 Å². The minimum atomic E-state index is -0.320. The van der Waals surface area contributed by atoms with Gasteiger partial charge >= 0.3 is 6.03 Å². The highest BCUT2D eigenvalue weighted by Gasteiger charge is 2.08.